The van der Waals surface area contributed by atoms with Crippen LogP contribution in [0.4, 0.5) is 4.39 Å². The third kappa shape index (κ3) is 3.40. The van der Waals surface area contributed by atoms with Crippen molar-refractivity contribution in [2.45, 2.75) is 25.3 Å². The van der Waals surface area contributed by atoms with Crippen LogP contribution in [0.2, 0.25) is 0 Å². The number of carbonyl (C=O) groups is 1. The van der Waals surface area contributed by atoms with Gasteiger partial charge in [-0.3, -0.25) is 14.4 Å². The molecule has 2 aromatic heterocycles. The highest BCUT2D eigenvalue weighted by atomic mass is 19.1. The molecule has 0 radical (unpaired) electrons. The maximum Gasteiger partial charge on any atom is 0.254 e. The van der Waals surface area contributed by atoms with Crippen molar-refractivity contribution < 1.29 is 9.18 Å². The Balaban J connectivity index is 1.55. The summed E-state index contributed by atoms with van der Waals surface area (Å²) in [4.78, 5) is 22.6. The van der Waals surface area contributed by atoms with Gasteiger partial charge in [-0.15, -0.1) is 0 Å². The number of halogens is 1. The lowest BCUT2D eigenvalue weighted by molar-refractivity contribution is 0.0374. The number of carbonyl (C=O) groups excluding carboxylic acids is 1. The van der Waals surface area contributed by atoms with Crippen molar-refractivity contribution in [2.24, 2.45) is 7.05 Å². The van der Waals surface area contributed by atoms with Crippen LogP contribution in [0.5, 0.6) is 0 Å². The van der Waals surface area contributed by atoms with Gasteiger partial charge in [-0.05, 0) is 43.7 Å². The van der Waals surface area contributed by atoms with Crippen molar-refractivity contribution in [3.8, 4) is 11.3 Å². The molecule has 5 rings (SSSR count). The van der Waals surface area contributed by atoms with E-state index < -0.39 is 0 Å². The molecule has 1 unspecified atom stereocenters. The maximum atomic E-state index is 14.0. The Morgan fingerprint density at radius 3 is 2.90 bits per heavy atom. The number of piperazine rings is 1. The van der Waals surface area contributed by atoms with Crippen molar-refractivity contribution in [2.75, 3.05) is 26.2 Å². The molecule has 0 aliphatic carbocycles. The summed E-state index contributed by atoms with van der Waals surface area (Å²) in [5, 5.41) is 4.78. The van der Waals surface area contributed by atoms with E-state index in [-0.39, 0.29) is 11.7 Å². The lowest BCUT2D eigenvalue weighted by atomic mass is 9.98. The molecule has 0 bridgehead atoms. The molecule has 3 aromatic rings. The molecule has 2 saturated heterocycles. The summed E-state index contributed by atoms with van der Waals surface area (Å²) in [6.07, 6.45) is 7.20. The molecule has 7 heteroatoms. The van der Waals surface area contributed by atoms with E-state index in [2.05, 4.69) is 15.0 Å². The number of nitrogens with zero attached hydrogens (tertiary/aromatic N) is 5. The topological polar surface area (TPSA) is 54.3 Å². The molecule has 0 N–H and O–H groups in total. The first-order valence-electron chi connectivity index (χ1n) is 10.2. The zero-order valence-electron chi connectivity index (χ0n) is 16.5. The van der Waals surface area contributed by atoms with Crippen LogP contribution in [0.3, 0.4) is 0 Å². The Labute approximate surface area is 168 Å². The van der Waals surface area contributed by atoms with Crippen molar-refractivity contribution in [1.82, 2.24) is 24.6 Å². The Kier molecular flexibility index (Phi) is 4.54. The molecule has 1 aromatic carbocycles. The minimum atomic E-state index is -0.362. The van der Waals surface area contributed by atoms with Crippen LogP contribution in [0.15, 0.2) is 36.7 Å². The predicted molar refractivity (Wildman–Crippen MR) is 109 cm³/mol. The average Bonchev–Trinajstić information content (AvgIpc) is 3.18. The molecule has 29 heavy (non-hydrogen) atoms. The minimum Gasteiger partial charge on any atom is -0.336 e. The zero-order chi connectivity index (χ0) is 20.0. The fourth-order valence-corrected chi connectivity index (χ4v) is 4.59. The average molecular weight is 393 g/mol. The van der Waals surface area contributed by atoms with Crippen molar-refractivity contribution in [3.05, 3.63) is 48.0 Å². The summed E-state index contributed by atoms with van der Waals surface area (Å²) < 4.78 is 15.7. The number of hydrogen-bond donors (Lipinski definition) is 0. The highest BCUT2D eigenvalue weighted by molar-refractivity contribution is 6.07. The summed E-state index contributed by atoms with van der Waals surface area (Å²) in [6, 6.07) is 6.66. The summed E-state index contributed by atoms with van der Waals surface area (Å²) >= 11 is 0. The van der Waals surface area contributed by atoms with Gasteiger partial charge in [0.15, 0.2) is 0 Å². The first kappa shape index (κ1) is 18.2. The van der Waals surface area contributed by atoms with Gasteiger partial charge in [0.05, 0.1) is 23.0 Å². The third-order valence-corrected chi connectivity index (χ3v) is 6.13. The smallest absolute Gasteiger partial charge is 0.254 e. The van der Waals surface area contributed by atoms with E-state index in [9.17, 15) is 9.18 Å². The second kappa shape index (κ2) is 7.22. The van der Waals surface area contributed by atoms with E-state index in [1.165, 1.54) is 25.0 Å². The quantitative estimate of drug-likeness (QED) is 0.671. The molecule has 6 nitrogen and oxygen atoms in total. The Morgan fingerprint density at radius 2 is 2.07 bits per heavy atom. The van der Waals surface area contributed by atoms with E-state index in [0.717, 1.165) is 31.6 Å². The normalized spacial score (nSPS) is 20.1. The van der Waals surface area contributed by atoms with Gasteiger partial charge in [0.2, 0.25) is 0 Å². The van der Waals surface area contributed by atoms with E-state index in [4.69, 9.17) is 0 Å². The van der Waals surface area contributed by atoms with Crippen LogP contribution in [0.1, 0.15) is 29.6 Å². The molecule has 0 saturated carbocycles. The second-order valence-electron chi connectivity index (χ2n) is 8.06. The largest absolute Gasteiger partial charge is 0.336 e. The van der Waals surface area contributed by atoms with E-state index in [1.807, 2.05) is 18.1 Å². The van der Waals surface area contributed by atoms with Gasteiger partial charge in [-0.25, -0.2) is 9.37 Å². The van der Waals surface area contributed by atoms with Gasteiger partial charge >= 0.3 is 0 Å². The first-order valence-corrected chi connectivity index (χ1v) is 10.2. The van der Waals surface area contributed by atoms with Gasteiger partial charge in [0.1, 0.15) is 5.82 Å². The lowest BCUT2D eigenvalue weighted by Crippen LogP contribution is -2.56. The number of amides is 1. The van der Waals surface area contributed by atoms with E-state index >= 15 is 0 Å². The highest BCUT2D eigenvalue weighted by Crippen LogP contribution is 2.28. The van der Waals surface area contributed by atoms with Crippen molar-refractivity contribution in [1.29, 1.82) is 0 Å². The molecule has 150 valence electrons. The molecular formula is C22H24FN5O. The van der Waals surface area contributed by atoms with Gasteiger partial charge in [0, 0.05) is 49.9 Å². The summed E-state index contributed by atoms with van der Waals surface area (Å²) in [5.74, 6) is -0.405. The molecule has 4 heterocycles. The Morgan fingerprint density at radius 1 is 1.17 bits per heavy atom. The van der Waals surface area contributed by atoms with E-state index in [1.54, 1.807) is 23.0 Å². The SMILES string of the molecule is Cn1cc(-c2cc(C(=O)N3CCN4CCCCC4C3)c3cc(F)ccc3n2)cn1. The molecule has 1 amide bonds. The molecule has 2 aliphatic heterocycles. The zero-order valence-corrected chi connectivity index (χ0v) is 16.5. The maximum absolute atomic E-state index is 14.0. The standard InChI is InChI=1S/C22H24FN5O/c1-26-13-15(12-24-26)21-11-19(18-10-16(23)5-6-20(18)25-21)22(29)28-9-8-27-7-3-2-4-17(27)14-28/h5-6,10-13,17H,2-4,7-9,14H2,1H3. The van der Waals surface area contributed by atoms with Crippen LogP contribution >= 0.6 is 0 Å². The summed E-state index contributed by atoms with van der Waals surface area (Å²) in [7, 11) is 1.84. The monoisotopic (exact) mass is 393 g/mol. The summed E-state index contributed by atoms with van der Waals surface area (Å²) in [6.45, 7) is 3.47. The van der Waals surface area contributed by atoms with Gasteiger partial charge in [0.25, 0.3) is 5.91 Å². The number of pyridine rings is 1. The second-order valence-corrected chi connectivity index (χ2v) is 8.06. The van der Waals surface area contributed by atoms with Crippen molar-refractivity contribution >= 4 is 16.8 Å². The number of hydrogen-bond acceptors (Lipinski definition) is 4. The molecule has 0 spiro atoms. The molecule has 1 atom stereocenters. The summed E-state index contributed by atoms with van der Waals surface area (Å²) in [5.41, 5.74) is 2.65. The van der Waals surface area contributed by atoms with Gasteiger partial charge < -0.3 is 4.90 Å². The van der Waals surface area contributed by atoms with Crippen molar-refractivity contribution in [3.63, 3.8) is 0 Å². The Bertz CT molecular complexity index is 1080. The first-order chi connectivity index (χ1) is 14.1. The molecular weight excluding hydrogens is 369 g/mol. The fraction of sp³-hybridized carbons (Fsp3) is 0.409. The number of aromatic nitrogens is 3. The fourth-order valence-electron chi connectivity index (χ4n) is 4.59. The van der Waals surface area contributed by atoms with Gasteiger partial charge in [-0.2, -0.15) is 5.10 Å². The predicted octanol–water partition coefficient (Wildman–Crippen LogP) is 3.08. The number of fused-ring (bicyclic) bond motifs is 2. The highest BCUT2D eigenvalue weighted by Gasteiger charge is 2.32. The minimum absolute atomic E-state index is 0.0432. The van der Waals surface area contributed by atoms with E-state index in [0.29, 0.717) is 34.7 Å². The Hall–Kier alpha value is -2.80. The number of benzene rings is 1. The van der Waals surface area contributed by atoms with Crippen LogP contribution in [-0.4, -0.2) is 62.7 Å². The van der Waals surface area contributed by atoms with Crippen LogP contribution < -0.4 is 0 Å². The number of piperidine rings is 1. The molecule has 2 aliphatic rings. The van der Waals surface area contributed by atoms with Gasteiger partial charge in [-0.1, -0.05) is 6.42 Å². The third-order valence-electron chi connectivity index (χ3n) is 6.13. The molecule has 2 fully saturated rings. The lowest BCUT2D eigenvalue weighted by Gasteiger charge is -2.44. The number of aryl methyl sites for hydroxylation is 1. The van der Waals surface area contributed by atoms with Crippen LogP contribution in [-0.2, 0) is 7.05 Å². The van der Waals surface area contributed by atoms with Crippen LogP contribution in [0, 0.1) is 5.82 Å². The van der Waals surface area contributed by atoms with Crippen LogP contribution in [0.25, 0.3) is 22.2 Å². The number of rotatable bonds is 2.